The van der Waals surface area contributed by atoms with Crippen LogP contribution in [0.15, 0.2) is 0 Å². The highest BCUT2D eigenvalue weighted by molar-refractivity contribution is 5.80. The Kier molecular flexibility index (Phi) is 1.90. The summed E-state index contributed by atoms with van der Waals surface area (Å²) in [6.45, 7) is 6.66. The molecule has 0 heterocycles. The maximum absolute atomic E-state index is 11.6. The maximum Gasteiger partial charge on any atom is 0.223 e. The van der Waals surface area contributed by atoms with E-state index in [1.54, 1.807) is 0 Å². The first-order valence-electron chi connectivity index (χ1n) is 5.28. The van der Waals surface area contributed by atoms with Crippen LogP contribution < -0.4 is 5.32 Å². The Labute approximate surface area is 80.1 Å². The second-order valence-corrected chi connectivity index (χ2v) is 5.60. The first kappa shape index (κ1) is 9.04. The molecular weight excluding hydrogens is 162 g/mol. The summed E-state index contributed by atoms with van der Waals surface area (Å²) in [5.74, 6) is 1.33. The molecule has 74 valence electrons. The van der Waals surface area contributed by atoms with Gasteiger partial charge in [0.05, 0.1) is 0 Å². The summed E-state index contributed by atoms with van der Waals surface area (Å²) in [4.78, 5) is 11.6. The van der Waals surface area contributed by atoms with Crippen molar-refractivity contribution in [2.24, 2.45) is 17.3 Å². The number of hydrogen-bond acceptors (Lipinski definition) is 1. The van der Waals surface area contributed by atoms with Gasteiger partial charge in [0.2, 0.25) is 5.91 Å². The van der Waals surface area contributed by atoms with E-state index < -0.39 is 0 Å². The maximum atomic E-state index is 11.6. The largest absolute Gasteiger partial charge is 0.353 e. The molecule has 0 aromatic heterocycles. The van der Waals surface area contributed by atoms with E-state index in [0.29, 0.717) is 23.3 Å². The molecule has 2 aliphatic rings. The van der Waals surface area contributed by atoms with Crippen LogP contribution in [0, 0.1) is 17.3 Å². The highest BCUT2D eigenvalue weighted by atomic mass is 16.2. The first-order chi connectivity index (χ1) is 5.98. The predicted molar refractivity (Wildman–Crippen MR) is 52.2 cm³/mol. The van der Waals surface area contributed by atoms with Crippen LogP contribution in [0.3, 0.4) is 0 Å². The third-order valence-corrected chi connectivity index (χ3v) is 3.41. The van der Waals surface area contributed by atoms with Crippen molar-refractivity contribution >= 4 is 5.91 Å². The highest BCUT2D eigenvalue weighted by Gasteiger charge is 2.42. The van der Waals surface area contributed by atoms with Gasteiger partial charge in [-0.1, -0.05) is 20.8 Å². The van der Waals surface area contributed by atoms with Crippen molar-refractivity contribution in [1.82, 2.24) is 5.32 Å². The molecule has 0 aromatic carbocycles. The topological polar surface area (TPSA) is 29.1 Å². The molecule has 0 saturated heterocycles. The Morgan fingerprint density at radius 2 is 1.92 bits per heavy atom. The van der Waals surface area contributed by atoms with Crippen molar-refractivity contribution in [1.29, 1.82) is 0 Å². The van der Waals surface area contributed by atoms with Crippen LogP contribution in [0.25, 0.3) is 0 Å². The fourth-order valence-corrected chi connectivity index (χ4v) is 2.28. The van der Waals surface area contributed by atoms with Crippen LogP contribution in [0.5, 0.6) is 0 Å². The Bertz CT molecular complexity index is 226. The van der Waals surface area contributed by atoms with Crippen LogP contribution in [0.4, 0.5) is 0 Å². The minimum atomic E-state index is 0.300. The molecule has 0 radical (unpaired) electrons. The fourth-order valence-electron chi connectivity index (χ4n) is 2.28. The molecule has 2 rings (SSSR count). The number of carbonyl (C=O) groups is 1. The average Bonchev–Trinajstić information content (AvgIpc) is 2.61. The van der Waals surface area contributed by atoms with Gasteiger partial charge in [-0.15, -0.1) is 0 Å². The van der Waals surface area contributed by atoms with Crippen LogP contribution in [0.2, 0.25) is 0 Å². The molecule has 2 unspecified atom stereocenters. The number of nitrogens with one attached hydrogen (secondary N) is 1. The number of amides is 1. The number of hydrogen-bond donors (Lipinski definition) is 1. The molecule has 0 aromatic rings. The lowest BCUT2D eigenvalue weighted by molar-refractivity contribution is -0.131. The van der Waals surface area contributed by atoms with Gasteiger partial charge in [0, 0.05) is 12.0 Å². The highest BCUT2D eigenvalue weighted by Crippen LogP contribution is 2.45. The Balaban J connectivity index is 1.74. The third-order valence-electron chi connectivity index (χ3n) is 3.41. The van der Waals surface area contributed by atoms with E-state index in [2.05, 4.69) is 26.1 Å². The van der Waals surface area contributed by atoms with E-state index in [1.165, 1.54) is 6.42 Å². The van der Waals surface area contributed by atoms with E-state index in [1.807, 2.05) is 0 Å². The summed E-state index contributed by atoms with van der Waals surface area (Å²) in [6.07, 6.45) is 3.32. The summed E-state index contributed by atoms with van der Waals surface area (Å²) in [5, 5.41) is 3.10. The monoisotopic (exact) mass is 181 g/mol. The van der Waals surface area contributed by atoms with E-state index in [4.69, 9.17) is 0 Å². The minimum absolute atomic E-state index is 0.300. The summed E-state index contributed by atoms with van der Waals surface area (Å²) in [7, 11) is 0. The Hall–Kier alpha value is -0.530. The summed E-state index contributed by atoms with van der Waals surface area (Å²) >= 11 is 0. The van der Waals surface area contributed by atoms with Gasteiger partial charge in [0.15, 0.2) is 0 Å². The van der Waals surface area contributed by atoms with Crippen LogP contribution >= 0.6 is 0 Å². The summed E-state index contributed by atoms with van der Waals surface area (Å²) in [6, 6.07) is 0.496. The van der Waals surface area contributed by atoms with Gasteiger partial charge in [-0.05, 0) is 30.6 Å². The van der Waals surface area contributed by atoms with Gasteiger partial charge in [0.1, 0.15) is 0 Å². The van der Waals surface area contributed by atoms with Crippen molar-refractivity contribution in [3.8, 4) is 0 Å². The fraction of sp³-hybridized carbons (Fsp3) is 0.909. The third kappa shape index (κ3) is 1.87. The van der Waals surface area contributed by atoms with Crippen LogP contribution in [-0.2, 0) is 4.79 Å². The van der Waals surface area contributed by atoms with E-state index in [-0.39, 0.29) is 0 Å². The second kappa shape index (κ2) is 2.73. The molecule has 2 atom stereocenters. The quantitative estimate of drug-likeness (QED) is 0.693. The van der Waals surface area contributed by atoms with Gasteiger partial charge >= 0.3 is 0 Å². The summed E-state index contributed by atoms with van der Waals surface area (Å²) < 4.78 is 0. The van der Waals surface area contributed by atoms with Crippen molar-refractivity contribution < 1.29 is 4.79 Å². The van der Waals surface area contributed by atoms with Crippen molar-refractivity contribution in [2.75, 3.05) is 0 Å². The minimum Gasteiger partial charge on any atom is -0.353 e. The van der Waals surface area contributed by atoms with E-state index in [9.17, 15) is 4.79 Å². The first-order valence-corrected chi connectivity index (χ1v) is 5.28. The lowest BCUT2D eigenvalue weighted by Gasteiger charge is -2.41. The zero-order valence-corrected chi connectivity index (χ0v) is 8.76. The van der Waals surface area contributed by atoms with Gasteiger partial charge < -0.3 is 5.32 Å². The molecule has 2 aliphatic carbocycles. The molecule has 0 spiro atoms. The molecule has 1 amide bonds. The molecule has 2 saturated carbocycles. The molecule has 0 aliphatic heterocycles. The van der Waals surface area contributed by atoms with Gasteiger partial charge in [0.25, 0.3) is 0 Å². The molecular formula is C11H19NO. The van der Waals surface area contributed by atoms with Gasteiger partial charge in [-0.2, -0.15) is 0 Å². The second-order valence-electron chi connectivity index (χ2n) is 5.60. The lowest BCUT2D eigenvalue weighted by Crippen LogP contribution is -2.43. The molecule has 0 bridgehead atoms. The Morgan fingerprint density at radius 1 is 1.38 bits per heavy atom. The van der Waals surface area contributed by atoms with E-state index in [0.717, 1.165) is 18.8 Å². The number of carbonyl (C=O) groups excluding carboxylic acids is 1. The predicted octanol–water partition coefficient (Wildman–Crippen LogP) is 1.95. The molecule has 2 fully saturated rings. The van der Waals surface area contributed by atoms with E-state index >= 15 is 0 Å². The van der Waals surface area contributed by atoms with Crippen molar-refractivity contribution in [2.45, 2.75) is 46.1 Å². The SMILES string of the molecule is CC1CC1NC(=O)C1CC(C)(C)C1. The Morgan fingerprint density at radius 3 is 2.31 bits per heavy atom. The van der Waals surface area contributed by atoms with Crippen LogP contribution in [0.1, 0.15) is 40.0 Å². The zero-order chi connectivity index (χ0) is 9.64. The zero-order valence-electron chi connectivity index (χ0n) is 8.76. The van der Waals surface area contributed by atoms with Crippen molar-refractivity contribution in [3.63, 3.8) is 0 Å². The van der Waals surface area contributed by atoms with Gasteiger partial charge in [-0.25, -0.2) is 0 Å². The summed E-state index contributed by atoms with van der Waals surface area (Å²) in [5.41, 5.74) is 0.414. The molecule has 2 nitrogen and oxygen atoms in total. The van der Waals surface area contributed by atoms with Gasteiger partial charge in [-0.3, -0.25) is 4.79 Å². The molecule has 2 heteroatoms. The standard InChI is InChI=1S/C11H19NO/c1-7-4-9(7)12-10(13)8-5-11(2,3)6-8/h7-9H,4-6H2,1-3H3,(H,12,13). The van der Waals surface area contributed by atoms with Crippen LogP contribution in [-0.4, -0.2) is 11.9 Å². The molecule has 1 N–H and O–H groups in total. The smallest absolute Gasteiger partial charge is 0.223 e. The average molecular weight is 181 g/mol. The van der Waals surface area contributed by atoms with Crippen molar-refractivity contribution in [3.05, 3.63) is 0 Å². The number of rotatable bonds is 2. The lowest BCUT2D eigenvalue weighted by atomic mass is 9.64. The molecule has 13 heavy (non-hydrogen) atoms. The normalized spacial score (nSPS) is 36.5.